The van der Waals surface area contributed by atoms with Crippen LogP contribution in [0.2, 0.25) is 0 Å². The lowest BCUT2D eigenvalue weighted by Gasteiger charge is -2.21. The van der Waals surface area contributed by atoms with E-state index in [-0.39, 0.29) is 5.91 Å². The molecule has 0 spiro atoms. The summed E-state index contributed by atoms with van der Waals surface area (Å²) in [5.74, 6) is -1.10. The number of carboxylic acid groups (broad SMARTS) is 1. The summed E-state index contributed by atoms with van der Waals surface area (Å²) in [6.45, 7) is 2.61. The van der Waals surface area contributed by atoms with Crippen LogP contribution in [0.4, 0.5) is 0 Å². The third-order valence-corrected chi connectivity index (χ3v) is 3.08. The first kappa shape index (κ1) is 13.3. The summed E-state index contributed by atoms with van der Waals surface area (Å²) in [6.07, 6.45) is 7.57. The van der Waals surface area contributed by atoms with Crippen LogP contribution < -0.4 is 0 Å². The third-order valence-electron chi connectivity index (χ3n) is 3.08. The van der Waals surface area contributed by atoms with Gasteiger partial charge in [0.15, 0.2) is 0 Å². The van der Waals surface area contributed by atoms with Crippen LogP contribution in [0, 0.1) is 0 Å². The van der Waals surface area contributed by atoms with Crippen molar-refractivity contribution < 1.29 is 14.7 Å². The van der Waals surface area contributed by atoms with Crippen molar-refractivity contribution in [3.8, 4) is 0 Å². The summed E-state index contributed by atoms with van der Waals surface area (Å²) in [5.41, 5.74) is 1.04. The van der Waals surface area contributed by atoms with Crippen LogP contribution in [0.15, 0.2) is 24.5 Å². The first-order chi connectivity index (χ1) is 9.13. The number of pyridine rings is 1. The van der Waals surface area contributed by atoms with E-state index in [0.29, 0.717) is 23.7 Å². The lowest BCUT2D eigenvalue weighted by atomic mass is 10.1. The monoisotopic (exact) mass is 260 g/mol. The first-order valence-corrected chi connectivity index (χ1v) is 6.29. The maximum absolute atomic E-state index is 12.4. The van der Waals surface area contributed by atoms with Gasteiger partial charge in [0.25, 0.3) is 5.91 Å². The molecule has 0 aliphatic heterocycles. The molecule has 5 nitrogen and oxygen atoms in total. The maximum Gasteiger partial charge on any atom is 0.328 e. The van der Waals surface area contributed by atoms with Gasteiger partial charge in [0, 0.05) is 42.2 Å². The predicted molar refractivity (Wildman–Crippen MR) is 70.6 cm³/mol. The number of nitrogens with zero attached hydrogens (tertiary/aromatic N) is 2. The highest BCUT2D eigenvalue weighted by Gasteiger charge is 2.32. The van der Waals surface area contributed by atoms with Gasteiger partial charge in [-0.1, -0.05) is 0 Å². The molecule has 1 amide bonds. The van der Waals surface area contributed by atoms with E-state index in [0.717, 1.165) is 18.9 Å². The van der Waals surface area contributed by atoms with Crippen LogP contribution in [0.1, 0.15) is 35.7 Å². The fourth-order valence-electron chi connectivity index (χ4n) is 2.00. The number of rotatable bonds is 5. The number of hydrogen-bond acceptors (Lipinski definition) is 3. The summed E-state index contributed by atoms with van der Waals surface area (Å²) < 4.78 is 0. The first-order valence-electron chi connectivity index (χ1n) is 6.29. The summed E-state index contributed by atoms with van der Waals surface area (Å²) in [5, 5.41) is 8.66. The van der Waals surface area contributed by atoms with Gasteiger partial charge in [0.1, 0.15) is 0 Å². The van der Waals surface area contributed by atoms with Crippen molar-refractivity contribution in [2.45, 2.75) is 25.8 Å². The maximum atomic E-state index is 12.4. The molecule has 0 aromatic carbocycles. The van der Waals surface area contributed by atoms with Crippen molar-refractivity contribution in [2.24, 2.45) is 0 Å². The molecule has 1 saturated carbocycles. The number of aromatic nitrogens is 1. The van der Waals surface area contributed by atoms with Gasteiger partial charge in [-0.3, -0.25) is 9.78 Å². The molecule has 0 atom stereocenters. The normalized spacial score (nSPS) is 14.6. The third kappa shape index (κ3) is 3.19. The van der Waals surface area contributed by atoms with E-state index in [1.54, 1.807) is 12.3 Å². The highest BCUT2D eigenvalue weighted by molar-refractivity contribution is 5.99. The molecular weight excluding hydrogens is 244 g/mol. The zero-order valence-corrected chi connectivity index (χ0v) is 10.7. The smallest absolute Gasteiger partial charge is 0.328 e. The van der Waals surface area contributed by atoms with Crippen LogP contribution in [0.25, 0.3) is 6.08 Å². The van der Waals surface area contributed by atoms with Gasteiger partial charge in [-0.15, -0.1) is 0 Å². The molecule has 100 valence electrons. The van der Waals surface area contributed by atoms with Crippen molar-refractivity contribution >= 4 is 18.0 Å². The minimum atomic E-state index is -1.04. The highest BCUT2D eigenvalue weighted by atomic mass is 16.4. The standard InChI is InChI=1S/C14H16N2O3/c1-2-16(11-4-5-11)14(19)12-7-8-15-9-10(12)3-6-13(17)18/h3,6-9,11H,2,4-5H2,1H3,(H,17,18). The minimum Gasteiger partial charge on any atom is -0.478 e. The molecule has 5 heteroatoms. The van der Waals surface area contributed by atoms with Crippen LogP contribution in [-0.2, 0) is 4.79 Å². The second-order valence-corrected chi connectivity index (χ2v) is 4.46. The molecule has 0 unspecified atom stereocenters. The predicted octanol–water partition coefficient (Wildman–Crippen LogP) is 1.80. The molecule has 1 fully saturated rings. The molecule has 2 rings (SSSR count). The summed E-state index contributed by atoms with van der Waals surface area (Å²) >= 11 is 0. The molecule has 1 aliphatic rings. The lowest BCUT2D eigenvalue weighted by molar-refractivity contribution is -0.131. The molecule has 1 aromatic rings. The molecule has 1 N–H and O–H groups in total. The number of carbonyl (C=O) groups is 2. The van der Waals surface area contributed by atoms with Crippen molar-refractivity contribution in [3.63, 3.8) is 0 Å². The van der Waals surface area contributed by atoms with Gasteiger partial charge in [0.2, 0.25) is 0 Å². The molecular formula is C14H16N2O3. The molecule has 1 heterocycles. The quantitative estimate of drug-likeness (QED) is 0.819. The Hall–Kier alpha value is -2.17. The Morgan fingerprint density at radius 3 is 2.84 bits per heavy atom. The lowest BCUT2D eigenvalue weighted by Crippen LogP contribution is -2.33. The van der Waals surface area contributed by atoms with Crippen molar-refractivity contribution in [1.29, 1.82) is 0 Å². The van der Waals surface area contributed by atoms with Crippen LogP contribution >= 0.6 is 0 Å². The summed E-state index contributed by atoms with van der Waals surface area (Å²) in [4.78, 5) is 28.8. The average Bonchev–Trinajstić information content (AvgIpc) is 3.22. The number of aliphatic carboxylic acids is 1. The van der Waals surface area contributed by atoms with Crippen molar-refractivity contribution in [3.05, 3.63) is 35.7 Å². The average molecular weight is 260 g/mol. The number of carbonyl (C=O) groups excluding carboxylic acids is 1. The molecule has 19 heavy (non-hydrogen) atoms. The van der Waals surface area contributed by atoms with Crippen LogP contribution in [0.3, 0.4) is 0 Å². The minimum absolute atomic E-state index is 0.0579. The second kappa shape index (κ2) is 5.65. The van der Waals surface area contributed by atoms with E-state index >= 15 is 0 Å². The van der Waals surface area contributed by atoms with Gasteiger partial charge in [0.05, 0.1) is 0 Å². The number of carboxylic acids is 1. The van der Waals surface area contributed by atoms with E-state index in [1.807, 2.05) is 11.8 Å². The largest absolute Gasteiger partial charge is 0.478 e. The summed E-state index contributed by atoms with van der Waals surface area (Å²) in [6, 6.07) is 1.97. The summed E-state index contributed by atoms with van der Waals surface area (Å²) in [7, 11) is 0. The fourth-order valence-corrected chi connectivity index (χ4v) is 2.00. The van der Waals surface area contributed by atoms with E-state index in [1.165, 1.54) is 12.3 Å². The van der Waals surface area contributed by atoms with Gasteiger partial charge >= 0.3 is 5.97 Å². The Balaban J connectivity index is 2.27. The zero-order valence-electron chi connectivity index (χ0n) is 10.7. The molecule has 0 bridgehead atoms. The van der Waals surface area contributed by atoms with Gasteiger partial charge in [-0.05, 0) is 31.9 Å². The van der Waals surface area contributed by atoms with E-state index in [2.05, 4.69) is 4.98 Å². The number of hydrogen-bond donors (Lipinski definition) is 1. The van der Waals surface area contributed by atoms with E-state index in [9.17, 15) is 9.59 Å². The van der Waals surface area contributed by atoms with E-state index < -0.39 is 5.97 Å². The Labute approximate surface area is 111 Å². The van der Waals surface area contributed by atoms with Crippen molar-refractivity contribution in [2.75, 3.05) is 6.54 Å². The van der Waals surface area contributed by atoms with Gasteiger partial charge < -0.3 is 10.0 Å². The highest BCUT2D eigenvalue weighted by Crippen LogP contribution is 2.28. The molecule has 1 aromatic heterocycles. The number of amides is 1. The van der Waals surface area contributed by atoms with Gasteiger partial charge in [-0.2, -0.15) is 0 Å². The SMILES string of the molecule is CCN(C(=O)c1ccncc1C=CC(=O)O)C1CC1. The molecule has 1 aliphatic carbocycles. The fraction of sp³-hybridized carbons (Fsp3) is 0.357. The Morgan fingerprint density at radius 1 is 1.53 bits per heavy atom. The molecule has 0 saturated heterocycles. The Bertz CT molecular complexity index is 521. The zero-order chi connectivity index (χ0) is 13.8. The van der Waals surface area contributed by atoms with Crippen LogP contribution in [0.5, 0.6) is 0 Å². The van der Waals surface area contributed by atoms with Crippen LogP contribution in [-0.4, -0.2) is 39.5 Å². The Kier molecular flexibility index (Phi) is 3.94. The Morgan fingerprint density at radius 2 is 2.26 bits per heavy atom. The second-order valence-electron chi connectivity index (χ2n) is 4.46. The molecule has 0 radical (unpaired) electrons. The van der Waals surface area contributed by atoms with E-state index in [4.69, 9.17) is 5.11 Å². The topological polar surface area (TPSA) is 70.5 Å². The van der Waals surface area contributed by atoms with Crippen molar-refractivity contribution in [1.82, 2.24) is 9.88 Å². The van der Waals surface area contributed by atoms with Gasteiger partial charge in [-0.25, -0.2) is 4.79 Å².